The first-order valence-electron chi connectivity index (χ1n) is 6.87. The molecule has 0 bridgehead atoms. The maximum absolute atomic E-state index is 12.2. The Kier molecular flexibility index (Phi) is 4.66. The van der Waals surface area contributed by atoms with Crippen molar-refractivity contribution >= 4 is 11.5 Å². The summed E-state index contributed by atoms with van der Waals surface area (Å²) >= 11 is 0. The summed E-state index contributed by atoms with van der Waals surface area (Å²) in [5.41, 5.74) is -0.0276. The zero-order chi connectivity index (χ0) is 17.0. The van der Waals surface area contributed by atoms with E-state index in [1.54, 1.807) is 18.2 Å². The molecule has 2 rings (SSSR count). The third-order valence-corrected chi connectivity index (χ3v) is 3.40. The Labute approximate surface area is 131 Å². The number of nitriles is 1. The number of hydrogen-bond donors (Lipinski definition) is 0. The Morgan fingerprint density at radius 1 is 1.35 bits per heavy atom. The monoisotopic (exact) mass is 311 g/mol. The van der Waals surface area contributed by atoms with E-state index < -0.39 is 16.2 Å². The van der Waals surface area contributed by atoms with Crippen LogP contribution in [0, 0.1) is 21.4 Å². The highest BCUT2D eigenvalue weighted by Gasteiger charge is 2.16. The Bertz CT molecular complexity index is 860. The topological polar surface area (TPSA) is 106 Å². The van der Waals surface area contributed by atoms with Crippen LogP contribution in [0.25, 0.3) is 0 Å². The normalized spacial score (nSPS) is 10.1. The number of nitrogens with zero attached hydrogens (tertiary/aromatic N) is 3. The van der Waals surface area contributed by atoms with Gasteiger partial charge < -0.3 is 0 Å². The van der Waals surface area contributed by atoms with Crippen molar-refractivity contribution in [3.8, 4) is 6.07 Å². The minimum absolute atomic E-state index is 0.360. The molecule has 0 saturated carbocycles. The maximum Gasteiger partial charge on any atom is 0.287 e. The highest BCUT2D eigenvalue weighted by Crippen LogP contribution is 2.11. The molecule has 1 heterocycles. The van der Waals surface area contributed by atoms with Gasteiger partial charge in [-0.15, -0.1) is 0 Å². The molecule has 23 heavy (non-hydrogen) atoms. The molecule has 0 aliphatic heterocycles. The number of aryl methyl sites for hydroxylation is 1. The van der Waals surface area contributed by atoms with Gasteiger partial charge in [-0.25, -0.2) is 0 Å². The van der Waals surface area contributed by atoms with E-state index >= 15 is 0 Å². The molecule has 0 atom stereocenters. The van der Waals surface area contributed by atoms with Gasteiger partial charge >= 0.3 is 0 Å². The van der Waals surface area contributed by atoms with Crippen LogP contribution in [-0.4, -0.2) is 15.3 Å². The Balaban J connectivity index is 2.36. The minimum Gasteiger partial charge on any atom is -0.300 e. The molecule has 0 aliphatic carbocycles. The number of Topliss-reactive ketones (excluding diaryl/α,β-unsaturated/α-hetero) is 1. The average Bonchev–Trinajstić information content (AvgIpc) is 2.56. The molecule has 0 fully saturated rings. The predicted octanol–water partition coefficient (Wildman–Crippen LogP) is 2.07. The van der Waals surface area contributed by atoms with Crippen LogP contribution >= 0.6 is 0 Å². The van der Waals surface area contributed by atoms with Gasteiger partial charge in [0.2, 0.25) is 0 Å². The van der Waals surface area contributed by atoms with Gasteiger partial charge in [0.1, 0.15) is 11.6 Å². The number of ketones is 1. The van der Waals surface area contributed by atoms with Crippen molar-refractivity contribution in [3.63, 3.8) is 0 Å². The number of carbonyl (C=O) groups is 1. The largest absolute Gasteiger partial charge is 0.300 e. The third-order valence-electron chi connectivity index (χ3n) is 3.40. The number of nitro groups is 1. The first-order valence-corrected chi connectivity index (χ1v) is 6.87. The van der Waals surface area contributed by atoms with Crippen LogP contribution in [0.5, 0.6) is 0 Å². The van der Waals surface area contributed by atoms with E-state index in [4.69, 9.17) is 5.26 Å². The van der Waals surface area contributed by atoms with E-state index in [1.807, 2.05) is 19.1 Å². The molecular formula is C16H13N3O4. The van der Waals surface area contributed by atoms with Crippen molar-refractivity contribution in [2.24, 2.45) is 0 Å². The van der Waals surface area contributed by atoms with Crippen LogP contribution in [-0.2, 0) is 13.0 Å². The number of aromatic nitrogens is 1. The molecule has 1 aromatic carbocycles. The van der Waals surface area contributed by atoms with Gasteiger partial charge in [-0.05, 0) is 12.0 Å². The van der Waals surface area contributed by atoms with E-state index in [9.17, 15) is 19.7 Å². The highest BCUT2D eigenvalue weighted by atomic mass is 16.6. The number of hydrogen-bond acceptors (Lipinski definition) is 5. The third kappa shape index (κ3) is 3.49. The molecule has 0 spiro atoms. The van der Waals surface area contributed by atoms with Gasteiger partial charge in [-0.1, -0.05) is 31.2 Å². The molecule has 7 heteroatoms. The van der Waals surface area contributed by atoms with Gasteiger partial charge in [-0.2, -0.15) is 5.26 Å². The Morgan fingerprint density at radius 2 is 2.00 bits per heavy atom. The molecule has 116 valence electrons. The standard InChI is InChI=1S/C16H13N3O4/c1-2-11-3-5-12(6-4-11)15(20)10-18-9-14(19(22)23)7-13(8-17)16(18)21/h3-7,9H,2,10H2,1H3. The quantitative estimate of drug-likeness (QED) is 0.477. The Morgan fingerprint density at radius 3 is 2.52 bits per heavy atom. The summed E-state index contributed by atoms with van der Waals surface area (Å²) in [7, 11) is 0. The van der Waals surface area contributed by atoms with Crippen molar-refractivity contribution in [2.75, 3.05) is 0 Å². The lowest BCUT2D eigenvalue weighted by Gasteiger charge is -2.06. The maximum atomic E-state index is 12.2. The fourth-order valence-corrected chi connectivity index (χ4v) is 2.09. The molecule has 0 saturated heterocycles. The number of carbonyl (C=O) groups excluding carboxylic acids is 1. The molecule has 0 aliphatic rings. The van der Waals surface area contributed by atoms with Gasteiger partial charge in [-0.3, -0.25) is 24.3 Å². The predicted molar refractivity (Wildman–Crippen MR) is 82.2 cm³/mol. The number of rotatable bonds is 5. The molecule has 7 nitrogen and oxygen atoms in total. The van der Waals surface area contributed by atoms with Gasteiger partial charge in [0.05, 0.1) is 17.7 Å². The van der Waals surface area contributed by atoms with Crippen molar-refractivity contribution < 1.29 is 9.72 Å². The zero-order valence-corrected chi connectivity index (χ0v) is 12.4. The highest BCUT2D eigenvalue weighted by molar-refractivity contribution is 5.95. The first kappa shape index (κ1) is 16.1. The number of benzene rings is 1. The molecule has 0 unspecified atom stereocenters. The fraction of sp³-hybridized carbons (Fsp3) is 0.188. The molecule has 0 N–H and O–H groups in total. The van der Waals surface area contributed by atoms with Crippen LogP contribution in [0.4, 0.5) is 5.69 Å². The van der Waals surface area contributed by atoms with Gasteiger partial charge in [0.15, 0.2) is 5.78 Å². The smallest absolute Gasteiger partial charge is 0.287 e. The SMILES string of the molecule is CCc1ccc(C(=O)Cn2cc([N+](=O)[O-])cc(C#N)c2=O)cc1. The van der Waals surface area contributed by atoms with Crippen molar-refractivity contribution in [3.05, 3.63) is 73.7 Å². The summed E-state index contributed by atoms with van der Waals surface area (Å²) in [6.45, 7) is 1.63. The van der Waals surface area contributed by atoms with Gasteiger partial charge in [0, 0.05) is 11.6 Å². The fourth-order valence-electron chi connectivity index (χ4n) is 2.09. The first-order chi connectivity index (χ1) is 11.0. The van der Waals surface area contributed by atoms with Crippen molar-refractivity contribution in [1.29, 1.82) is 5.26 Å². The molecule has 0 radical (unpaired) electrons. The van der Waals surface area contributed by atoms with Crippen molar-refractivity contribution in [2.45, 2.75) is 19.9 Å². The second-order valence-electron chi connectivity index (χ2n) is 4.89. The zero-order valence-electron chi connectivity index (χ0n) is 12.4. The summed E-state index contributed by atoms with van der Waals surface area (Å²) in [6, 6.07) is 9.43. The summed E-state index contributed by atoms with van der Waals surface area (Å²) in [4.78, 5) is 34.4. The minimum atomic E-state index is -0.725. The van der Waals surface area contributed by atoms with E-state index in [0.717, 1.165) is 28.8 Å². The van der Waals surface area contributed by atoms with Crippen LogP contribution in [0.3, 0.4) is 0 Å². The second-order valence-corrected chi connectivity index (χ2v) is 4.89. The van der Waals surface area contributed by atoms with Gasteiger partial charge in [0.25, 0.3) is 11.2 Å². The summed E-state index contributed by atoms with van der Waals surface area (Å²) < 4.78 is 0.896. The lowest BCUT2D eigenvalue weighted by molar-refractivity contribution is -0.385. The average molecular weight is 311 g/mol. The Hall–Kier alpha value is -3.27. The van der Waals surface area contributed by atoms with Crippen molar-refractivity contribution in [1.82, 2.24) is 4.57 Å². The van der Waals surface area contributed by atoms with Crippen LogP contribution in [0.2, 0.25) is 0 Å². The lowest BCUT2D eigenvalue weighted by Crippen LogP contribution is -2.26. The number of pyridine rings is 1. The summed E-state index contributed by atoms with van der Waals surface area (Å²) in [6.07, 6.45) is 1.81. The molecule has 1 aromatic heterocycles. The van der Waals surface area contributed by atoms with Crippen LogP contribution in [0.1, 0.15) is 28.4 Å². The van der Waals surface area contributed by atoms with Crippen LogP contribution < -0.4 is 5.56 Å². The molecule has 0 amide bonds. The second kappa shape index (κ2) is 6.66. The van der Waals surface area contributed by atoms with Crippen LogP contribution in [0.15, 0.2) is 41.3 Å². The summed E-state index contributed by atoms with van der Waals surface area (Å²) in [5, 5.41) is 19.7. The van der Waals surface area contributed by atoms with E-state index in [0.29, 0.717) is 5.56 Å². The van der Waals surface area contributed by atoms with E-state index in [2.05, 4.69) is 0 Å². The summed E-state index contributed by atoms with van der Waals surface area (Å²) in [5.74, 6) is -0.362. The van der Waals surface area contributed by atoms with E-state index in [1.165, 1.54) is 0 Å². The van der Waals surface area contributed by atoms with E-state index in [-0.39, 0.29) is 17.9 Å². The molecule has 2 aromatic rings. The molecular weight excluding hydrogens is 298 g/mol. The lowest BCUT2D eigenvalue weighted by atomic mass is 10.1.